The Bertz CT molecular complexity index is 745. The van der Waals surface area contributed by atoms with Crippen LogP contribution in [0.1, 0.15) is 24.4 Å². The fourth-order valence-corrected chi connectivity index (χ4v) is 2.93. The van der Waals surface area contributed by atoms with Crippen molar-refractivity contribution in [3.05, 3.63) is 58.1 Å². The normalized spacial score (nSPS) is 14.7. The van der Waals surface area contributed by atoms with Crippen LogP contribution in [0.5, 0.6) is 11.5 Å². The van der Waals surface area contributed by atoms with Crippen LogP contribution in [-0.4, -0.2) is 19.6 Å². The molecule has 2 aromatic carbocycles. The molecule has 3 rings (SSSR count). The molecule has 0 saturated heterocycles. The summed E-state index contributed by atoms with van der Waals surface area (Å²) in [5.74, 6) is 1.62. The van der Waals surface area contributed by atoms with Crippen LogP contribution in [0.4, 0.5) is 0 Å². The van der Waals surface area contributed by atoms with E-state index in [1.807, 2.05) is 24.3 Å². The van der Waals surface area contributed by atoms with Crippen LogP contribution in [0, 0.1) is 5.92 Å². The van der Waals surface area contributed by atoms with Gasteiger partial charge in [0.1, 0.15) is 11.5 Å². The van der Waals surface area contributed by atoms with Gasteiger partial charge in [0.2, 0.25) is 0 Å². The van der Waals surface area contributed by atoms with Gasteiger partial charge in [-0.1, -0.05) is 35.3 Å². The molecule has 1 aliphatic carbocycles. The molecule has 1 unspecified atom stereocenters. The van der Waals surface area contributed by atoms with E-state index in [2.05, 4.69) is 5.32 Å². The lowest BCUT2D eigenvalue weighted by Crippen LogP contribution is -2.33. The molecule has 0 aromatic heterocycles. The highest BCUT2D eigenvalue weighted by atomic mass is 35.5. The summed E-state index contributed by atoms with van der Waals surface area (Å²) in [4.78, 5) is 12.3. The van der Waals surface area contributed by atoms with Crippen LogP contribution >= 0.6 is 23.2 Å². The van der Waals surface area contributed by atoms with Crippen LogP contribution in [-0.2, 0) is 4.79 Å². The van der Waals surface area contributed by atoms with Gasteiger partial charge in [-0.3, -0.25) is 4.79 Å². The van der Waals surface area contributed by atoms with E-state index in [9.17, 15) is 4.79 Å². The Morgan fingerprint density at radius 3 is 2.40 bits per heavy atom. The van der Waals surface area contributed by atoms with E-state index in [4.69, 9.17) is 32.7 Å². The predicted molar refractivity (Wildman–Crippen MR) is 98.6 cm³/mol. The zero-order chi connectivity index (χ0) is 17.8. The van der Waals surface area contributed by atoms with Gasteiger partial charge in [0.05, 0.1) is 23.2 Å². The summed E-state index contributed by atoms with van der Waals surface area (Å²) in [5.41, 5.74) is 1.08. The molecule has 6 heteroatoms. The molecule has 0 radical (unpaired) electrons. The Morgan fingerprint density at radius 2 is 1.80 bits per heavy atom. The Morgan fingerprint density at radius 1 is 1.12 bits per heavy atom. The maximum absolute atomic E-state index is 12.3. The number of amides is 1. The van der Waals surface area contributed by atoms with Gasteiger partial charge in [0, 0.05) is 6.07 Å². The summed E-state index contributed by atoms with van der Waals surface area (Å²) in [7, 11) is 1.63. The molecule has 25 heavy (non-hydrogen) atoms. The van der Waals surface area contributed by atoms with Crippen molar-refractivity contribution < 1.29 is 14.3 Å². The Hall–Kier alpha value is -1.91. The monoisotopic (exact) mass is 379 g/mol. The molecule has 1 N–H and O–H groups in total. The van der Waals surface area contributed by atoms with Crippen LogP contribution in [0.3, 0.4) is 0 Å². The zero-order valence-corrected chi connectivity index (χ0v) is 15.3. The molecular weight excluding hydrogens is 361 g/mol. The SMILES string of the molecule is COc1ccc(C(NC(=O)COc2ccc(Cl)c(Cl)c2)C2CC2)cc1. The summed E-state index contributed by atoms with van der Waals surface area (Å²) < 4.78 is 10.7. The second kappa shape index (κ2) is 7.98. The van der Waals surface area contributed by atoms with Crippen LogP contribution in [0.2, 0.25) is 10.0 Å². The summed E-state index contributed by atoms with van der Waals surface area (Å²) in [6, 6.07) is 12.7. The third kappa shape index (κ3) is 4.80. The fraction of sp³-hybridized carbons (Fsp3) is 0.316. The van der Waals surface area contributed by atoms with E-state index in [1.165, 1.54) is 0 Å². The second-order valence-electron chi connectivity index (χ2n) is 6.02. The second-order valence-corrected chi connectivity index (χ2v) is 6.83. The van der Waals surface area contributed by atoms with Crippen molar-refractivity contribution >= 4 is 29.1 Å². The van der Waals surface area contributed by atoms with Gasteiger partial charge in [0.25, 0.3) is 5.91 Å². The van der Waals surface area contributed by atoms with E-state index in [1.54, 1.807) is 25.3 Å². The molecular formula is C19H19Cl2NO3. The van der Waals surface area contributed by atoms with Gasteiger partial charge < -0.3 is 14.8 Å². The lowest BCUT2D eigenvalue weighted by molar-refractivity contribution is -0.124. The van der Waals surface area contributed by atoms with E-state index >= 15 is 0 Å². The molecule has 1 aliphatic rings. The first kappa shape index (κ1) is 17.9. The number of benzene rings is 2. The first-order chi connectivity index (χ1) is 12.1. The Balaban J connectivity index is 1.59. The Kier molecular flexibility index (Phi) is 5.71. The number of rotatable bonds is 7. The first-order valence-electron chi connectivity index (χ1n) is 8.08. The molecule has 1 amide bonds. The minimum absolute atomic E-state index is 0.00388. The first-order valence-corrected chi connectivity index (χ1v) is 8.83. The van der Waals surface area contributed by atoms with E-state index < -0.39 is 0 Å². The highest BCUT2D eigenvalue weighted by Gasteiger charge is 2.33. The largest absolute Gasteiger partial charge is 0.497 e. The van der Waals surface area contributed by atoms with Crippen LogP contribution in [0.25, 0.3) is 0 Å². The number of nitrogens with one attached hydrogen (secondary N) is 1. The molecule has 4 nitrogen and oxygen atoms in total. The highest BCUT2D eigenvalue weighted by Crippen LogP contribution is 2.41. The average molecular weight is 380 g/mol. The molecule has 0 spiro atoms. The molecule has 2 aromatic rings. The van der Waals surface area contributed by atoms with Crippen molar-refractivity contribution in [2.45, 2.75) is 18.9 Å². The summed E-state index contributed by atoms with van der Waals surface area (Å²) in [6.45, 7) is -0.0721. The third-order valence-electron chi connectivity index (χ3n) is 4.15. The summed E-state index contributed by atoms with van der Waals surface area (Å²) >= 11 is 11.8. The molecule has 1 fully saturated rings. The van der Waals surface area contributed by atoms with Crippen molar-refractivity contribution in [3.8, 4) is 11.5 Å². The van der Waals surface area contributed by atoms with Gasteiger partial charge in [-0.15, -0.1) is 0 Å². The minimum atomic E-state index is -0.168. The highest BCUT2D eigenvalue weighted by molar-refractivity contribution is 6.42. The molecule has 1 atom stereocenters. The summed E-state index contributed by atoms with van der Waals surface area (Å²) in [6.07, 6.45) is 2.23. The van der Waals surface area contributed by atoms with Crippen LogP contribution in [0.15, 0.2) is 42.5 Å². The van der Waals surface area contributed by atoms with Crippen LogP contribution < -0.4 is 14.8 Å². The Labute approximate surface area is 157 Å². The standard InChI is InChI=1S/C19H19Cl2NO3/c1-24-14-6-4-13(5-7-14)19(12-2-3-12)22-18(23)11-25-15-8-9-16(20)17(21)10-15/h4-10,12,19H,2-3,11H2,1H3,(H,22,23). The fourth-order valence-electron chi connectivity index (χ4n) is 2.64. The molecule has 0 bridgehead atoms. The van der Waals surface area contributed by atoms with Crippen molar-refractivity contribution in [2.24, 2.45) is 5.92 Å². The van der Waals surface area contributed by atoms with Gasteiger partial charge in [-0.05, 0) is 48.6 Å². The van der Waals surface area contributed by atoms with Crippen molar-refractivity contribution in [3.63, 3.8) is 0 Å². The molecule has 0 heterocycles. The van der Waals surface area contributed by atoms with E-state index in [0.717, 1.165) is 24.2 Å². The number of hydrogen-bond acceptors (Lipinski definition) is 3. The van der Waals surface area contributed by atoms with E-state index in [-0.39, 0.29) is 18.6 Å². The number of hydrogen-bond donors (Lipinski definition) is 1. The number of carbonyl (C=O) groups is 1. The topological polar surface area (TPSA) is 47.6 Å². The predicted octanol–water partition coefficient (Wildman–Crippen LogP) is 4.65. The lowest BCUT2D eigenvalue weighted by Gasteiger charge is -2.19. The van der Waals surface area contributed by atoms with Gasteiger partial charge in [-0.2, -0.15) is 0 Å². The minimum Gasteiger partial charge on any atom is -0.497 e. The number of methoxy groups -OCH3 is 1. The number of carbonyl (C=O) groups excluding carboxylic acids is 1. The molecule has 1 saturated carbocycles. The van der Waals surface area contributed by atoms with Crippen molar-refractivity contribution in [1.29, 1.82) is 0 Å². The summed E-state index contributed by atoms with van der Waals surface area (Å²) in [5, 5.41) is 3.91. The van der Waals surface area contributed by atoms with Gasteiger partial charge in [-0.25, -0.2) is 0 Å². The maximum atomic E-state index is 12.3. The van der Waals surface area contributed by atoms with Crippen molar-refractivity contribution in [2.75, 3.05) is 13.7 Å². The number of halogens is 2. The smallest absolute Gasteiger partial charge is 0.258 e. The van der Waals surface area contributed by atoms with E-state index in [0.29, 0.717) is 21.7 Å². The zero-order valence-electron chi connectivity index (χ0n) is 13.8. The maximum Gasteiger partial charge on any atom is 0.258 e. The molecule has 132 valence electrons. The third-order valence-corrected chi connectivity index (χ3v) is 4.88. The lowest BCUT2D eigenvalue weighted by atomic mass is 10.0. The average Bonchev–Trinajstić information content (AvgIpc) is 3.46. The quantitative estimate of drug-likeness (QED) is 0.761. The number of ether oxygens (including phenoxy) is 2. The van der Waals surface area contributed by atoms with Gasteiger partial charge >= 0.3 is 0 Å². The van der Waals surface area contributed by atoms with Crippen molar-refractivity contribution in [1.82, 2.24) is 5.32 Å². The van der Waals surface area contributed by atoms with Gasteiger partial charge in [0.15, 0.2) is 6.61 Å². The molecule has 0 aliphatic heterocycles.